The van der Waals surface area contributed by atoms with Gasteiger partial charge in [-0.1, -0.05) is 34.2 Å². The molecule has 2 aromatic carbocycles. The standard InChI is InChI=1S/C21H18BrN3O3S/c1-2-10-27-16-11-17-20(15-4-3-9-23-19(15)16)25-21(29-17)24-18(26)12-28-14-7-5-13(22)6-8-14/h3-9,11H,2,10,12H2,1H3,(H,24,25,26). The van der Waals surface area contributed by atoms with Crippen LogP contribution < -0.4 is 14.8 Å². The van der Waals surface area contributed by atoms with Crippen LogP contribution in [0.2, 0.25) is 0 Å². The molecule has 0 aliphatic rings. The lowest BCUT2D eigenvalue weighted by atomic mass is 10.2. The summed E-state index contributed by atoms with van der Waals surface area (Å²) >= 11 is 4.77. The molecule has 0 saturated heterocycles. The third-order valence-corrected chi connectivity index (χ3v) is 5.55. The van der Waals surface area contributed by atoms with E-state index in [0.717, 1.165) is 37.8 Å². The van der Waals surface area contributed by atoms with Crippen molar-refractivity contribution in [3.8, 4) is 11.5 Å². The number of carbonyl (C=O) groups excluding carboxylic acids is 1. The molecule has 0 saturated carbocycles. The Morgan fingerprint density at radius 2 is 2.00 bits per heavy atom. The highest BCUT2D eigenvalue weighted by Gasteiger charge is 2.15. The number of pyridine rings is 1. The Labute approximate surface area is 180 Å². The lowest BCUT2D eigenvalue weighted by Gasteiger charge is -2.07. The van der Waals surface area contributed by atoms with Crippen LogP contribution in [-0.2, 0) is 4.79 Å². The number of hydrogen-bond donors (Lipinski definition) is 1. The molecule has 4 aromatic rings. The Kier molecular flexibility index (Phi) is 5.92. The predicted molar refractivity (Wildman–Crippen MR) is 119 cm³/mol. The maximum absolute atomic E-state index is 12.3. The molecule has 8 heteroatoms. The Hall–Kier alpha value is -2.71. The summed E-state index contributed by atoms with van der Waals surface area (Å²) in [6.07, 6.45) is 2.65. The van der Waals surface area contributed by atoms with Crippen molar-refractivity contribution in [2.24, 2.45) is 0 Å². The predicted octanol–water partition coefficient (Wildman–Crippen LogP) is 5.41. The van der Waals surface area contributed by atoms with Crippen LogP contribution in [0.15, 0.2) is 53.1 Å². The normalized spacial score (nSPS) is 11.0. The molecule has 1 amide bonds. The zero-order valence-corrected chi connectivity index (χ0v) is 18.0. The van der Waals surface area contributed by atoms with Gasteiger partial charge in [0.25, 0.3) is 5.91 Å². The minimum atomic E-state index is -0.267. The van der Waals surface area contributed by atoms with E-state index in [4.69, 9.17) is 9.47 Å². The van der Waals surface area contributed by atoms with Gasteiger partial charge in [0.2, 0.25) is 0 Å². The third-order valence-electron chi connectivity index (χ3n) is 4.10. The van der Waals surface area contributed by atoms with Gasteiger partial charge in [0.15, 0.2) is 11.7 Å². The highest BCUT2D eigenvalue weighted by atomic mass is 79.9. The van der Waals surface area contributed by atoms with Gasteiger partial charge in [0.05, 0.1) is 16.8 Å². The van der Waals surface area contributed by atoms with Crippen molar-refractivity contribution in [1.29, 1.82) is 0 Å². The number of ether oxygens (including phenoxy) is 2. The molecule has 29 heavy (non-hydrogen) atoms. The summed E-state index contributed by atoms with van der Waals surface area (Å²) in [6.45, 7) is 2.59. The van der Waals surface area contributed by atoms with E-state index in [1.54, 1.807) is 18.3 Å². The number of nitrogens with one attached hydrogen (secondary N) is 1. The Bertz CT molecular complexity index is 1160. The molecule has 4 rings (SSSR count). The van der Waals surface area contributed by atoms with E-state index in [0.29, 0.717) is 17.5 Å². The lowest BCUT2D eigenvalue weighted by molar-refractivity contribution is -0.118. The summed E-state index contributed by atoms with van der Waals surface area (Å²) in [5.74, 6) is 1.09. The molecule has 6 nitrogen and oxygen atoms in total. The SMILES string of the molecule is CCCOc1cc2sc(NC(=O)COc3ccc(Br)cc3)nc2c2cccnc12. The quantitative estimate of drug-likeness (QED) is 0.389. The molecule has 0 radical (unpaired) electrons. The first kappa shape index (κ1) is 19.6. The fraction of sp³-hybridized carbons (Fsp3) is 0.190. The smallest absolute Gasteiger partial charge is 0.264 e. The molecule has 0 spiro atoms. The van der Waals surface area contributed by atoms with Crippen LogP contribution in [0.25, 0.3) is 21.1 Å². The Morgan fingerprint density at radius 3 is 2.79 bits per heavy atom. The molecule has 0 aliphatic carbocycles. The zero-order chi connectivity index (χ0) is 20.2. The van der Waals surface area contributed by atoms with Gasteiger partial charge in [-0.3, -0.25) is 15.1 Å². The van der Waals surface area contributed by atoms with Crippen molar-refractivity contribution in [2.75, 3.05) is 18.5 Å². The summed E-state index contributed by atoms with van der Waals surface area (Å²) < 4.78 is 13.3. The largest absolute Gasteiger partial charge is 0.491 e. The van der Waals surface area contributed by atoms with E-state index in [9.17, 15) is 4.79 Å². The third kappa shape index (κ3) is 4.49. The van der Waals surface area contributed by atoms with Gasteiger partial charge in [-0.2, -0.15) is 0 Å². The topological polar surface area (TPSA) is 73.3 Å². The number of benzene rings is 2. The minimum absolute atomic E-state index is 0.0925. The molecule has 0 aliphatic heterocycles. The van der Waals surface area contributed by atoms with Gasteiger partial charge < -0.3 is 9.47 Å². The zero-order valence-electron chi connectivity index (χ0n) is 15.6. The molecule has 0 unspecified atom stereocenters. The van der Waals surface area contributed by atoms with Crippen LogP contribution in [0.4, 0.5) is 5.13 Å². The second-order valence-corrected chi connectivity index (χ2v) is 8.23. The average Bonchev–Trinajstić information content (AvgIpc) is 3.14. The van der Waals surface area contributed by atoms with E-state index >= 15 is 0 Å². The van der Waals surface area contributed by atoms with E-state index < -0.39 is 0 Å². The molecule has 2 heterocycles. The highest BCUT2D eigenvalue weighted by Crippen LogP contribution is 2.36. The van der Waals surface area contributed by atoms with Crippen LogP contribution >= 0.6 is 27.3 Å². The van der Waals surface area contributed by atoms with Gasteiger partial charge in [-0.25, -0.2) is 4.98 Å². The molecule has 0 fully saturated rings. The lowest BCUT2D eigenvalue weighted by Crippen LogP contribution is -2.19. The van der Waals surface area contributed by atoms with E-state index in [-0.39, 0.29) is 12.5 Å². The van der Waals surface area contributed by atoms with Crippen LogP contribution in [0, 0.1) is 0 Å². The van der Waals surface area contributed by atoms with Crippen molar-refractivity contribution in [2.45, 2.75) is 13.3 Å². The number of anilines is 1. The minimum Gasteiger partial charge on any atom is -0.491 e. The Morgan fingerprint density at radius 1 is 1.17 bits per heavy atom. The van der Waals surface area contributed by atoms with Crippen molar-refractivity contribution in [3.05, 3.63) is 53.1 Å². The monoisotopic (exact) mass is 471 g/mol. The van der Waals surface area contributed by atoms with Gasteiger partial charge >= 0.3 is 0 Å². The second kappa shape index (κ2) is 8.75. The van der Waals surface area contributed by atoms with Gasteiger partial charge in [0.1, 0.15) is 17.0 Å². The first-order chi connectivity index (χ1) is 14.1. The van der Waals surface area contributed by atoms with E-state index in [1.807, 2.05) is 30.3 Å². The molecule has 0 bridgehead atoms. The molecule has 148 valence electrons. The van der Waals surface area contributed by atoms with Gasteiger partial charge in [-0.15, -0.1) is 0 Å². The highest BCUT2D eigenvalue weighted by molar-refractivity contribution is 9.10. The van der Waals surface area contributed by atoms with Crippen molar-refractivity contribution >= 4 is 59.4 Å². The summed E-state index contributed by atoms with van der Waals surface area (Å²) in [5, 5.41) is 4.23. The maximum Gasteiger partial charge on any atom is 0.264 e. The number of hydrogen-bond acceptors (Lipinski definition) is 6. The number of nitrogens with zero attached hydrogens (tertiary/aromatic N) is 2. The average molecular weight is 472 g/mol. The molecule has 0 atom stereocenters. The first-order valence-electron chi connectivity index (χ1n) is 9.13. The summed E-state index contributed by atoms with van der Waals surface area (Å²) in [4.78, 5) is 21.3. The van der Waals surface area contributed by atoms with Crippen molar-refractivity contribution in [1.82, 2.24) is 9.97 Å². The maximum atomic E-state index is 12.3. The first-order valence-corrected chi connectivity index (χ1v) is 10.7. The fourth-order valence-corrected chi connectivity index (χ4v) is 4.01. The molecular formula is C21H18BrN3O3S. The Balaban J connectivity index is 1.54. The summed E-state index contributed by atoms with van der Waals surface area (Å²) in [7, 11) is 0. The van der Waals surface area contributed by atoms with Crippen LogP contribution in [0.5, 0.6) is 11.5 Å². The molecule has 2 aromatic heterocycles. The van der Waals surface area contributed by atoms with E-state index in [2.05, 4.69) is 38.1 Å². The van der Waals surface area contributed by atoms with Gasteiger partial charge in [-0.05, 0) is 42.8 Å². The number of halogens is 1. The number of carbonyl (C=O) groups is 1. The van der Waals surface area contributed by atoms with Crippen LogP contribution in [0.1, 0.15) is 13.3 Å². The van der Waals surface area contributed by atoms with Gasteiger partial charge in [0, 0.05) is 22.1 Å². The van der Waals surface area contributed by atoms with Crippen molar-refractivity contribution < 1.29 is 14.3 Å². The number of fused-ring (bicyclic) bond motifs is 3. The van der Waals surface area contributed by atoms with E-state index in [1.165, 1.54) is 11.3 Å². The van der Waals surface area contributed by atoms with Crippen LogP contribution in [0.3, 0.4) is 0 Å². The summed E-state index contributed by atoms with van der Waals surface area (Å²) in [6, 6.07) is 13.1. The molecular weight excluding hydrogens is 454 g/mol. The number of amides is 1. The second-order valence-electron chi connectivity index (χ2n) is 6.28. The number of rotatable bonds is 7. The summed E-state index contributed by atoms with van der Waals surface area (Å²) in [5.41, 5.74) is 1.57. The molecule has 1 N–H and O–H groups in total. The number of thiazole rings is 1. The fourth-order valence-electron chi connectivity index (χ4n) is 2.81. The van der Waals surface area contributed by atoms with Crippen LogP contribution in [-0.4, -0.2) is 29.1 Å². The number of aromatic nitrogens is 2. The van der Waals surface area contributed by atoms with Crippen molar-refractivity contribution in [3.63, 3.8) is 0 Å².